The molecule has 2 aromatic heterocycles. The number of piperazine rings is 1. The number of oxazole rings is 1. The van der Waals surface area contributed by atoms with Crippen LogP contribution in [0.3, 0.4) is 0 Å². The van der Waals surface area contributed by atoms with Crippen LogP contribution in [0.5, 0.6) is 0 Å². The summed E-state index contributed by atoms with van der Waals surface area (Å²) < 4.78 is 33.8. The van der Waals surface area contributed by atoms with Crippen molar-refractivity contribution in [1.82, 2.24) is 34.5 Å². The van der Waals surface area contributed by atoms with E-state index in [1.807, 2.05) is 24.1 Å². The second kappa shape index (κ2) is 9.16. The van der Waals surface area contributed by atoms with Gasteiger partial charge in [-0.15, -0.1) is 0 Å². The number of carbonyl (C=O) groups is 2. The van der Waals surface area contributed by atoms with Crippen LogP contribution in [-0.4, -0.2) is 96.2 Å². The summed E-state index contributed by atoms with van der Waals surface area (Å²) in [6.07, 6.45) is 0. The fourth-order valence-electron chi connectivity index (χ4n) is 4.48. The van der Waals surface area contributed by atoms with E-state index in [0.717, 1.165) is 0 Å². The lowest BCUT2D eigenvalue weighted by molar-refractivity contribution is -0.126. The van der Waals surface area contributed by atoms with Gasteiger partial charge in [0.1, 0.15) is 16.8 Å². The maximum Gasteiger partial charge on any atom is 0.310 e. The second-order valence-electron chi connectivity index (χ2n) is 8.88. The molecule has 2 aliphatic rings. The van der Waals surface area contributed by atoms with E-state index >= 15 is 0 Å². The third-order valence-electron chi connectivity index (χ3n) is 6.62. The first kappa shape index (κ1) is 24.7. The first-order chi connectivity index (χ1) is 17.1. The molecule has 5 rings (SSSR count). The Bertz CT molecular complexity index is 1420. The predicted octanol–water partition coefficient (Wildman–Crippen LogP) is 0.863. The summed E-state index contributed by atoms with van der Waals surface area (Å²) in [5.41, 5.74) is 1.29. The number of hydrogen-bond donors (Lipinski definition) is 2. The molecule has 1 aromatic carbocycles. The van der Waals surface area contributed by atoms with Gasteiger partial charge in [0.2, 0.25) is 5.91 Å². The molecule has 2 amide bonds. The largest absolute Gasteiger partial charge is 0.436 e. The standard InChI is InChI=1S/C22H26ClN7O5S/c1-24-20(31)17-11-29(36(33,34)19-9-13-8-14(23)4-5-15(13)25-19)6-7-30(17)22(32)21-26-16-10-27(2)28(3)12-18(16)35-21/h4-5,8-9,17,25H,6-7,10-12H2,1-3H3,(H,24,31). The molecule has 1 saturated heterocycles. The van der Waals surface area contributed by atoms with E-state index in [1.165, 1.54) is 22.3 Å². The Morgan fingerprint density at radius 1 is 1.17 bits per heavy atom. The number of nitrogens with zero attached hydrogens (tertiary/aromatic N) is 5. The average Bonchev–Trinajstić information content (AvgIpc) is 3.47. The molecule has 0 saturated carbocycles. The van der Waals surface area contributed by atoms with E-state index in [4.69, 9.17) is 16.0 Å². The van der Waals surface area contributed by atoms with Crippen LogP contribution >= 0.6 is 11.6 Å². The summed E-state index contributed by atoms with van der Waals surface area (Å²) in [4.78, 5) is 34.7. The lowest BCUT2D eigenvalue weighted by atomic mass is 10.1. The Morgan fingerprint density at radius 2 is 1.92 bits per heavy atom. The highest BCUT2D eigenvalue weighted by Crippen LogP contribution is 2.27. The molecule has 0 spiro atoms. The number of halogens is 1. The molecule has 12 nitrogen and oxygen atoms in total. The fourth-order valence-corrected chi connectivity index (χ4v) is 6.11. The van der Waals surface area contributed by atoms with Crippen molar-refractivity contribution in [2.75, 3.05) is 40.8 Å². The Hall–Kier alpha value is -2.97. The normalized spacial score (nSPS) is 20.0. The van der Waals surface area contributed by atoms with Crippen LogP contribution in [0.4, 0.5) is 0 Å². The highest BCUT2D eigenvalue weighted by molar-refractivity contribution is 7.89. The van der Waals surface area contributed by atoms with E-state index < -0.39 is 27.9 Å². The number of nitrogens with one attached hydrogen (secondary N) is 2. The lowest BCUT2D eigenvalue weighted by Gasteiger charge is -2.38. The van der Waals surface area contributed by atoms with Crippen molar-refractivity contribution in [2.24, 2.45) is 0 Å². The molecule has 1 unspecified atom stereocenters. The Kier molecular flexibility index (Phi) is 6.29. The van der Waals surface area contributed by atoms with Crippen LogP contribution in [0.15, 0.2) is 33.7 Å². The smallest absolute Gasteiger partial charge is 0.310 e. The second-order valence-corrected chi connectivity index (χ2v) is 11.2. The minimum absolute atomic E-state index is 0.00356. The Morgan fingerprint density at radius 3 is 2.67 bits per heavy atom. The van der Waals surface area contributed by atoms with E-state index in [9.17, 15) is 18.0 Å². The van der Waals surface area contributed by atoms with E-state index in [1.54, 1.807) is 18.2 Å². The van der Waals surface area contributed by atoms with Crippen molar-refractivity contribution < 1.29 is 22.4 Å². The van der Waals surface area contributed by atoms with Crippen molar-refractivity contribution in [3.8, 4) is 0 Å². The average molecular weight is 536 g/mol. The molecule has 192 valence electrons. The molecule has 1 fully saturated rings. The summed E-state index contributed by atoms with van der Waals surface area (Å²) in [6.45, 7) is 0.740. The number of benzene rings is 1. The number of hydrazine groups is 1. The van der Waals surface area contributed by atoms with Gasteiger partial charge in [-0.2, -0.15) is 4.31 Å². The molecule has 3 aromatic rings. The number of carbonyl (C=O) groups excluding carboxylic acids is 2. The Balaban J connectivity index is 1.40. The number of fused-ring (bicyclic) bond motifs is 2. The monoisotopic (exact) mass is 535 g/mol. The zero-order valence-electron chi connectivity index (χ0n) is 20.0. The van der Waals surface area contributed by atoms with Crippen molar-refractivity contribution in [1.29, 1.82) is 0 Å². The number of H-pyrrole nitrogens is 1. The van der Waals surface area contributed by atoms with Crippen molar-refractivity contribution in [3.63, 3.8) is 0 Å². The minimum atomic E-state index is -3.97. The number of aromatic amines is 1. The predicted molar refractivity (Wildman–Crippen MR) is 130 cm³/mol. The van der Waals surface area contributed by atoms with Gasteiger partial charge in [-0.1, -0.05) is 11.6 Å². The van der Waals surface area contributed by atoms with Crippen molar-refractivity contribution in [3.05, 3.63) is 46.6 Å². The molecular formula is C22H26ClN7O5S. The molecule has 4 heterocycles. The highest BCUT2D eigenvalue weighted by atomic mass is 35.5. The van der Waals surface area contributed by atoms with E-state index in [2.05, 4.69) is 15.3 Å². The van der Waals surface area contributed by atoms with E-state index in [0.29, 0.717) is 40.5 Å². The fraction of sp³-hybridized carbons (Fsp3) is 0.409. The lowest BCUT2D eigenvalue weighted by Crippen LogP contribution is -2.61. The molecular weight excluding hydrogens is 510 g/mol. The SMILES string of the molecule is CNC(=O)C1CN(S(=O)(=O)c2cc3cc(Cl)ccc3[nH]2)CCN1C(=O)c1nc2c(o1)CN(C)N(C)C2. The van der Waals surface area contributed by atoms with Gasteiger partial charge in [0.15, 0.2) is 0 Å². The van der Waals surface area contributed by atoms with Crippen LogP contribution in [-0.2, 0) is 27.9 Å². The first-order valence-corrected chi connectivity index (χ1v) is 13.1. The number of likely N-dealkylation sites (N-methyl/N-ethyl adjacent to an activating group) is 1. The zero-order chi connectivity index (χ0) is 25.8. The number of sulfonamides is 1. The maximum absolute atomic E-state index is 13.4. The van der Waals surface area contributed by atoms with Gasteiger partial charge >= 0.3 is 5.91 Å². The number of amides is 2. The van der Waals surface area contributed by atoms with Gasteiger partial charge in [0.25, 0.3) is 15.9 Å². The minimum Gasteiger partial charge on any atom is -0.436 e. The molecule has 2 N–H and O–H groups in total. The summed E-state index contributed by atoms with van der Waals surface area (Å²) in [7, 11) is 1.27. The quantitative estimate of drug-likeness (QED) is 0.502. The van der Waals surface area contributed by atoms with Gasteiger partial charge in [0.05, 0.1) is 18.8 Å². The van der Waals surface area contributed by atoms with Gasteiger partial charge in [0, 0.05) is 56.7 Å². The molecule has 1 atom stereocenters. The van der Waals surface area contributed by atoms with Gasteiger partial charge in [-0.25, -0.2) is 23.4 Å². The third kappa shape index (κ3) is 4.26. The van der Waals surface area contributed by atoms with Crippen LogP contribution < -0.4 is 5.32 Å². The highest BCUT2D eigenvalue weighted by Gasteiger charge is 2.42. The third-order valence-corrected chi connectivity index (χ3v) is 8.65. The molecule has 36 heavy (non-hydrogen) atoms. The molecule has 0 radical (unpaired) electrons. The van der Waals surface area contributed by atoms with Gasteiger partial charge in [-0.05, 0) is 24.3 Å². The van der Waals surface area contributed by atoms with Gasteiger partial charge < -0.3 is 19.6 Å². The van der Waals surface area contributed by atoms with E-state index in [-0.39, 0.29) is 30.6 Å². The number of hydrogen-bond acceptors (Lipinski definition) is 8. The van der Waals surface area contributed by atoms with Gasteiger partial charge in [-0.3, -0.25) is 9.59 Å². The van der Waals surface area contributed by atoms with Crippen LogP contribution in [0, 0.1) is 0 Å². The molecule has 0 aliphatic carbocycles. The molecule has 14 heteroatoms. The first-order valence-electron chi connectivity index (χ1n) is 11.3. The number of aromatic nitrogens is 2. The summed E-state index contributed by atoms with van der Waals surface area (Å²) in [5.74, 6) is -0.556. The summed E-state index contributed by atoms with van der Waals surface area (Å²) in [6, 6.07) is 5.49. The van der Waals surface area contributed by atoms with Crippen molar-refractivity contribution >= 4 is 44.3 Å². The Labute approximate surface area is 212 Å². The molecule has 0 bridgehead atoms. The summed E-state index contributed by atoms with van der Waals surface area (Å²) >= 11 is 6.03. The maximum atomic E-state index is 13.4. The van der Waals surface area contributed by atoms with Crippen molar-refractivity contribution in [2.45, 2.75) is 24.2 Å². The summed E-state index contributed by atoms with van der Waals surface area (Å²) in [5, 5.41) is 7.56. The van der Waals surface area contributed by atoms with Crippen LogP contribution in [0.2, 0.25) is 5.02 Å². The molecule has 2 aliphatic heterocycles. The van der Waals surface area contributed by atoms with Crippen LogP contribution in [0.1, 0.15) is 22.1 Å². The number of rotatable bonds is 4. The van der Waals surface area contributed by atoms with Crippen LogP contribution in [0.25, 0.3) is 10.9 Å². The zero-order valence-corrected chi connectivity index (χ0v) is 21.6. The topological polar surface area (TPSA) is 135 Å².